The van der Waals surface area contributed by atoms with Gasteiger partial charge in [0.2, 0.25) is 0 Å². The van der Waals surface area contributed by atoms with Crippen LogP contribution in [0.15, 0.2) is 48.1 Å². The molecule has 1 saturated heterocycles. The Morgan fingerprint density at radius 2 is 2.22 bits per heavy atom. The molecule has 1 unspecified atom stereocenters. The molecule has 0 radical (unpaired) electrons. The van der Waals surface area contributed by atoms with Crippen molar-refractivity contribution in [3.05, 3.63) is 58.5 Å². The van der Waals surface area contributed by atoms with E-state index in [-0.39, 0.29) is 11.9 Å². The molecule has 1 aromatic carbocycles. The van der Waals surface area contributed by atoms with Crippen molar-refractivity contribution in [3.8, 4) is 5.69 Å². The Morgan fingerprint density at radius 1 is 1.26 bits per heavy atom. The second kappa shape index (κ2) is 5.92. The van der Waals surface area contributed by atoms with Crippen molar-refractivity contribution < 1.29 is 4.79 Å². The van der Waals surface area contributed by atoms with E-state index in [0.717, 1.165) is 25.1 Å². The molecule has 6 nitrogen and oxygen atoms in total. The summed E-state index contributed by atoms with van der Waals surface area (Å²) >= 11 is 1.71. The average Bonchev–Trinajstić information content (AvgIpc) is 3.35. The van der Waals surface area contributed by atoms with Gasteiger partial charge in [-0.3, -0.25) is 4.79 Å². The molecule has 0 N–H and O–H groups in total. The third kappa shape index (κ3) is 2.63. The van der Waals surface area contributed by atoms with E-state index in [2.05, 4.69) is 27.0 Å². The number of thiophene rings is 1. The molecule has 1 fully saturated rings. The zero-order valence-corrected chi connectivity index (χ0v) is 13.2. The molecule has 1 atom stereocenters. The Bertz CT molecular complexity index is 800. The summed E-state index contributed by atoms with van der Waals surface area (Å²) in [5.74, 6) is 0.0656. The van der Waals surface area contributed by atoms with E-state index in [9.17, 15) is 4.79 Å². The Labute approximate surface area is 137 Å². The van der Waals surface area contributed by atoms with Crippen molar-refractivity contribution in [2.45, 2.75) is 18.9 Å². The number of nitrogens with zero attached hydrogens (tertiary/aromatic N) is 5. The SMILES string of the molecule is O=C(c1cccc(-n2cnnn2)c1)N1CCCC1c1cccs1. The highest BCUT2D eigenvalue weighted by atomic mass is 32.1. The Kier molecular flexibility index (Phi) is 3.63. The first-order valence-corrected chi connectivity index (χ1v) is 8.39. The highest BCUT2D eigenvalue weighted by molar-refractivity contribution is 7.10. The van der Waals surface area contributed by atoms with E-state index in [1.165, 1.54) is 11.2 Å². The van der Waals surface area contributed by atoms with E-state index in [1.54, 1.807) is 16.0 Å². The quantitative estimate of drug-likeness (QED) is 0.743. The minimum Gasteiger partial charge on any atom is -0.331 e. The van der Waals surface area contributed by atoms with Gasteiger partial charge < -0.3 is 4.90 Å². The van der Waals surface area contributed by atoms with E-state index >= 15 is 0 Å². The lowest BCUT2D eigenvalue weighted by Crippen LogP contribution is -2.30. The van der Waals surface area contributed by atoms with Crippen LogP contribution in [0.25, 0.3) is 5.69 Å². The molecule has 0 bridgehead atoms. The van der Waals surface area contributed by atoms with Gasteiger partial charge >= 0.3 is 0 Å². The smallest absolute Gasteiger partial charge is 0.254 e. The van der Waals surface area contributed by atoms with Crippen molar-refractivity contribution in [2.75, 3.05) is 6.54 Å². The second-order valence-corrected chi connectivity index (χ2v) is 6.46. The molecule has 1 amide bonds. The summed E-state index contributed by atoms with van der Waals surface area (Å²) in [6, 6.07) is 11.8. The number of carbonyl (C=O) groups is 1. The third-order valence-electron chi connectivity index (χ3n) is 4.09. The molecule has 4 rings (SSSR count). The van der Waals surface area contributed by atoms with Crippen LogP contribution in [-0.4, -0.2) is 37.6 Å². The van der Waals surface area contributed by atoms with Crippen LogP contribution in [0, 0.1) is 0 Å². The number of benzene rings is 1. The average molecular weight is 325 g/mol. The summed E-state index contributed by atoms with van der Waals surface area (Å²) in [6.45, 7) is 0.802. The molecule has 0 spiro atoms. The minimum atomic E-state index is 0.0656. The lowest BCUT2D eigenvalue weighted by Gasteiger charge is -2.24. The van der Waals surface area contributed by atoms with Crippen molar-refractivity contribution in [2.24, 2.45) is 0 Å². The molecule has 2 aromatic heterocycles. The molecule has 3 aromatic rings. The van der Waals surface area contributed by atoms with Gasteiger partial charge in [-0.1, -0.05) is 12.1 Å². The summed E-state index contributed by atoms with van der Waals surface area (Å²) < 4.78 is 1.55. The summed E-state index contributed by atoms with van der Waals surface area (Å²) in [7, 11) is 0. The van der Waals surface area contributed by atoms with Crippen molar-refractivity contribution in [1.82, 2.24) is 25.1 Å². The van der Waals surface area contributed by atoms with Crippen LogP contribution in [-0.2, 0) is 0 Å². The largest absolute Gasteiger partial charge is 0.331 e. The predicted octanol–water partition coefficient (Wildman–Crippen LogP) is 2.70. The van der Waals surface area contributed by atoms with Crippen molar-refractivity contribution in [3.63, 3.8) is 0 Å². The summed E-state index contributed by atoms with van der Waals surface area (Å²) in [4.78, 5) is 16.2. The summed E-state index contributed by atoms with van der Waals surface area (Å²) in [6.07, 6.45) is 3.59. The van der Waals surface area contributed by atoms with Gasteiger partial charge in [0.1, 0.15) is 6.33 Å². The van der Waals surface area contributed by atoms with E-state index in [0.29, 0.717) is 5.56 Å². The first-order chi connectivity index (χ1) is 11.3. The first-order valence-electron chi connectivity index (χ1n) is 7.51. The number of hydrogen-bond donors (Lipinski definition) is 0. The minimum absolute atomic E-state index is 0.0656. The molecule has 7 heteroatoms. The van der Waals surface area contributed by atoms with Gasteiger partial charge in [-0.25, -0.2) is 4.68 Å². The second-order valence-electron chi connectivity index (χ2n) is 5.48. The fourth-order valence-corrected chi connectivity index (χ4v) is 3.89. The Balaban J connectivity index is 1.63. The summed E-state index contributed by atoms with van der Waals surface area (Å²) in [5.41, 5.74) is 1.45. The molecule has 1 aliphatic rings. The predicted molar refractivity (Wildman–Crippen MR) is 86.5 cm³/mol. The van der Waals surface area contributed by atoms with Gasteiger partial charge in [0.15, 0.2) is 0 Å². The maximum atomic E-state index is 12.9. The van der Waals surface area contributed by atoms with Crippen LogP contribution >= 0.6 is 11.3 Å². The number of likely N-dealkylation sites (tertiary alicyclic amines) is 1. The lowest BCUT2D eigenvalue weighted by atomic mass is 10.1. The van der Waals surface area contributed by atoms with Gasteiger partial charge in [0.25, 0.3) is 5.91 Å². The fraction of sp³-hybridized carbons (Fsp3) is 0.250. The van der Waals surface area contributed by atoms with Crippen LogP contribution < -0.4 is 0 Å². The number of tetrazole rings is 1. The fourth-order valence-electron chi connectivity index (χ4n) is 3.01. The van der Waals surface area contributed by atoms with Gasteiger partial charge in [0, 0.05) is 17.0 Å². The third-order valence-corrected chi connectivity index (χ3v) is 5.07. The van der Waals surface area contributed by atoms with E-state index in [1.807, 2.05) is 35.2 Å². The lowest BCUT2D eigenvalue weighted by molar-refractivity contribution is 0.0738. The summed E-state index contributed by atoms with van der Waals surface area (Å²) in [5, 5.41) is 13.2. The monoisotopic (exact) mass is 325 g/mol. The molecular formula is C16H15N5OS. The standard InChI is InChI=1S/C16H15N5OS/c22-16(20-8-2-6-14(20)15-7-3-9-23-15)12-4-1-5-13(10-12)21-11-17-18-19-21/h1,3-5,7,9-11,14H,2,6,8H2. The number of rotatable bonds is 3. The topological polar surface area (TPSA) is 63.9 Å². The zero-order chi connectivity index (χ0) is 15.6. The molecule has 0 saturated carbocycles. The van der Waals surface area contributed by atoms with Crippen LogP contribution in [0.5, 0.6) is 0 Å². The van der Waals surface area contributed by atoms with E-state index in [4.69, 9.17) is 0 Å². The Morgan fingerprint density at radius 3 is 3.00 bits per heavy atom. The highest BCUT2D eigenvalue weighted by Crippen LogP contribution is 2.35. The van der Waals surface area contributed by atoms with Gasteiger partial charge in [-0.05, 0) is 52.9 Å². The van der Waals surface area contributed by atoms with Crippen LogP contribution in [0.1, 0.15) is 34.1 Å². The van der Waals surface area contributed by atoms with E-state index < -0.39 is 0 Å². The highest BCUT2D eigenvalue weighted by Gasteiger charge is 2.31. The molecular weight excluding hydrogens is 310 g/mol. The van der Waals surface area contributed by atoms with Gasteiger partial charge in [0.05, 0.1) is 11.7 Å². The van der Waals surface area contributed by atoms with Crippen LogP contribution in [0.4, 0.5) is 0 Å². The molecule has 0 aliphatic carbocycles. The number of hydrogen-bond acceptors (Lipinski definition) is 5. The number of amides is 1. The maximum Gasteiger partial charge on any atom is 0.254 e. The molecule has 116 valence electrons. The molecule has 3 heterocycles. The first kappa shape index (κ1) is 14.1. The van der Waals surface area contributed by atoms with Crippen molar-refractivity contribution in [1.29, 1.82) is 0 Å². The Hall–Kier alpha value is -2.54. The molecule has 1 aliphatic heterocycles. The van der Waals surface area contributed by atoms with Gasteiger partial charge in [-0.2, -0.15) is 0 Å². The molecule has 23 heavy (non-hydrogen) atoms. The van der Waals surface area contributed by atoms with Gasteiger partial charge in [-0.15, -0.1) is 16.4 Å². The van der Waals surface area contributed by atoms with Crippen molar-refractivity contribution >= 4 is 17.2 Å². The number of aromatic nitrogens is 4. The normalized spacial score (nSPS) is 17.6. The number of carbonyl (C=O) groups excluding carboxylic acids is 1. The van der Waals surface area contributed by atoms with Crippen LogP contribution in [0.2, 0.25) is 0 Å². The zero-order valence-electron chi connectivity index (χ0n) is 12.4. The maximum absolute atomic E-state index is 12.9. The van der Waals surface area contributed by atoms with Crippen LogP contribution in [0.3, 0.4) is 0 Å².